The SMILES string of the molecule is CC1(O)CCN(c2c(N)cncc2Br)CC1. The molecule has 1 aliphatic rings. The summed E-state index contributed by atoms with van der Waals surface area (Å²) < 4.78 is 0.911. The number of pyridine rings is 1. The molecule has 5 heteroatoms. The highest BCUT2D eigenvalue weighted by molar-refractivity contribution is 9.10. The molecule has 0 atom stereocenters. The van der Waals surface area contributed by atoms with Crippen LogP contribution in [0.1, 0.15) is 19.8 Å². The molecule has 1 aromatic rings. The second-order valence-electron chi connectivity index (χ2n) is 4.54. The molecule has 0 radical (unpaired) electrons. The monoisotopic (exact) mass is 285 g/mol. The van der Waals surface area contributed by atoms with Crippen molar-refractivity contribution in [2.45, 2.75) is 25.4 Å². The molecule has 88 valence electrons. The Morgan fingerprint density at radius 3 is 2.62 bits per heavy atom. The molecule has 0 saturated carbocycles. The predicted octanol–water partition coefficient (Wildman–Crippen LogP) is 1.78. The number of aromatic nitrogens is 1. The largest absolute Gasteiger partial charge is 0.396 e. The minimum Gasteiger partial charge on any atom is -0.396 e. The molecule has 1 aromatic heterocycles. The molecule has 2 rings (SSSR count). The Labute approximate surface area is 104 Å². The Bertz CT molecular complexity index is 365. The summed E-state index contributed by atoms with van der Waals surface area (Å²) in [5.74, 6) is 0. The summed E-state index contributed by atoms with van der Waals surface area (Å²) >= 11 is 3.46. The van der Waals surface area contributed by atoms with Crippen molar-refractivity contribution in [1.29, 1.82) is 0 Å². The Morgan fingerprint density at radius 1 is 1.44 bits per heavy atom. The van der Waals surface area contributed by atoms with Crippen LogP contribution in [0.4, 0.5) is 11.4 Å². The van der Waals surface area contributed by atoms with Crippen LogP contribution in [0.2, 0.25) is 0 Å². The molecule has 2 heterocycles. The molecule has 3 N–H and O–H groups in total. The number of rotatable bonds is 1. The highest BCUT2D eigenvalue weighted by atomic mass is 79.9. The molecule has 1 aliphatic heterocycles. The summed E-state index contributed by atoms with van der Waals surface area (Å²) in [4.78, 5) is 6.21. The van der Waals surface area contributed by atoms with E-state index in [2.05, 4.69) is 25.8 Å². The van der Waals surface area contributed by atoms with Gasteiger partial charge < -0.3 is 15.7 Å². The summed E-state index contributed by atoms with van der Waals surface area (Å²) in [6.45, 7) is 3.52. The number of halogens is 1. The van der Waals surface area contributed by atoms with Crippen LogP contribution >= 0.6 is 15.9 Å². The molecule has 0 aromatic carbocycles. The van der Waals surface area contributed by atoms with E-state index in [1.54, 1.807) is 12.4 Å². The summed E-state index contributed by atoms with van der Waals surface area (Å²) in [5.41, 5.74) is 7.05. The van der Waals surface area contributed by atoms with Crippen LogP contribution in [0.25, 0.3) is 0 Å². The molecule has 0 aliphatic carbocycles. The lowest BCUT2D eigenvalue weighted by atomic mass is 9.93. The van der Waals surface area contributed by atoms with Gasteiger partial charge in [-0.1, -0.05) is 0 Å². The van der Waals surface area contributed by atoms with Crippen LogP contribution in [0.3, 0.4) is 0 Å². The maximum Gasteiger partial charge on any atom is 0.0776 e. The van der Waals surface area contributed by atoms with E-state index in [0.717, 1.165) is 36.1 Å². The maximum atomic E-state index is 9.90. The molecule has 1 fully saturated rings. The highest BCUT2D eigenvalue weighted by Gasteiger charge is 2.28. The van der Waals surface area contributed by atoms with Gasteiger partial charge in [-0.3, -0.25) is 4.98 Å². The number of nitrogen functional groups attached to an aromatic ring is 1. The van der Waals surface area contributed by atoms with Gasteiger partial charge in [-0.05, 0) is 35.7 Å². The average Bonchev–Trinajstić information content (AvgIpc) is 2.20. The van der Waals surface area contributed by atoms with Gasteiger partial charge in [0, 0.05) is 19.3 Å². The second kappa shape index (κ2) is 4.22. The summed E-state index contributed by atoms with van der Waals surface area (Å²) in [7, 11) is 0. The van der Waals surface area contributed by atoms with Crippen molar-refractivity contribution >= 4 is 27.3 Å². The van der Waals surface area contributed by atoms with E-state index in [9.17, 15) is 5.11 Å². The minimum atomic E-state index is -0.537. The summed E-state index contributed by atoms with van der Waals surface area (Å²) in [6.07, 6.45) is 4.94. The third kappa shape index (κ3) is 2.30. The maximum absolute atomic E-state index is 9.90. The second-order valence-corrected chi connectivity index (χ2v) is 5.40. The smallest absolute Gasteiger partial charge is 0.0776 e. The van der Waals surface area contributed by atoms with E-state index >= 15 is 0 Å². The zero-order chi connectivity index (χ0) is 11.8. The van der Waals surface area contributed by atoms with Gasteiger partial charge >= 0.3 is 0 Å². The minimum absolute atomic E-state index is 0.537. The van der Waals surface area contributed by atoms with Crippen LogP contribution in [0.15, 0.2) is 16.9 Å². The fourth-order valence-corrected chi connectivity index (χ4v) is 2.59. The van der Waals surface area contributed by atoms with Crippen molar-refractivity contribution in [3.63, 3.8) is 0 Å². The van der Waals surface area contributed by atoms with Gasteiger partial charge in [-0.2, -0.15) is 0 Å². The predicted molar refractivity (Wildman–Crippen MR) is 68.4 cm³/mol. The van der Waals surface area contributed by atoms with Crippen molar-refractivity contribution in [2.24, 2.45) is 0 Å². The zero-order valence-corrected chi connectivity index (χ0v) is 10.9. The molecule has 16 heavy (non-hydrogen) atoms. The standard InChI is InChI=1S/C11H16BrN3O/c1-11(16)2-4-15(5-3-11)10-8(12)6-14-7-9(10)13/h6-7,16H,2-5,13H2,1H3. The Morgan fingerprint density at radius 2 is 2.06 bits per heavy atom. The van der Waals surface area contributed by atoms with Gasteiger partial charge in [0.15, 0.2) is 0 Å². The van der Waals surface area contributed by atoms with Crippen molar-refractivity contribution in [1.82, 2.24) is 4.98 Å². The number of piperidine rings is 1. The number of nitrogens with zero attached hydrogens (tertiary/aromatic N) is 2. The quantitative estimate of drug-likeness (QED) is 0.826. The van der Waals surface area contributed by atoms with Gasteiger partial charge in [0.25, 0.3) is 0 Å². The molecule has 0 spiro atoms. The first-order chi connectivity index (χ1) is 7.49. The molecular formula is C11H16BrN3O. The number of nitrogens with two attached hydrogens (primary N) is 1. The fourth-order valence-electron chi connectivity index (χ4n) is 1.99. The zero-order valence-electron chi connectivity index (χ0n) is 9.28. The molecular weight excluding hydrogens is 270 g/mol. The number of aliphatic hydroxyl groups is 1. The van der Waals surface area contributed by atoms with Crippen LogP contribution < -0.4 is 10.6 Å². The topological polar surface area (TPSA) is 62.4 Å². The molecule has 1 saturated heterocycles. The summed E-state index contributed by atoms with van der Waals surface area (Å²) in [6, 6.07) is 0. The first-order valence-corrected chi connectivity index (χ1v) is 6.15. The third-order valence-corrected chi connectivity index (χ3v) is 3.64. The normalized spacial score (nSPS) is 19.8. The van der Waals surface area contributed by atoms with Crippen molar-refractivity contribution in [3.05, 3.63) is 16.9 Å². The first kappa shape index (κ1) is 11.7. The van der Waals surface area contributed by atoms with Gasteiger partial charge in [0.1, 0.15) is 0 Å². The van der Waals surface area contributed by atoms with Crippen LogP contribution in [-0.2, 0) is 0 Å². The van der Waals surface area contributed by atoms with Crippen molar-refractivity contribution in [3.8, 4) is 0 Å². The lowest BCUT2D eigenvalue weighted by Gasteiger charge is -2.37. The van der Waals surface area contributed by atoms with E-state index in [1.165, 1.54) is 0 Å². The van der Waals surface area contributed by atoms with E-state index < -0.39 is 5.60 Å². The molecule has 4 nitrogen and oxygen atoms in total. The fraction of sp³-hybridized carbons (Fsp3) is 0.545. The molecule has 0 unspecified atom stereocenters. The number of hydrogen-bond acceptors (Lipinski definition) is 4. The summed E-state index contributed by atoms with van der Waals surface area (Å²) in [5, 5.41) is 9.90. The van der Waals surface area contributed by atoms with Crippen LogP contribution in [-0.4, -0.2) is 28.8 Å². The lowest BCUT2D eigenvalue weighted by Crippen LogP contribution is -2.42. The molecule has 0 amide bonds. The Kier molecular flexibility index (Phi) is 3.08. The van der Waals surface area contributed by atoms with Gasteiger partial charge in [-0.15, -0.1) is 0 Å². The lowest BCUT2D eigenvalue weighted by molar-refractivity contribution is 0.0351. The Balaban J connectivity index is 2.20. The van der Waals surface area contributed by atoms with E-state index in [4.69, 9.17) is 5.73 Å². The number of hydrogen-bond donors (Lipinski definition) is 2. The molecule has 0 bridgehead atoms. The third-order valence-electron chi connectivity index (χ3n) is 3.06. The van der Waals surface area contributed by atoms with E-state index in [-0.39, 0.29) is 0 Å². The van der Waals surface area contributed by atoms with E-state index in [0.29, 0.717) is 5.69 Å². The van der Waals surface area contributed by atoms with Gasteiger partial charge in [0.05, 0.1) is 27.6 Å². The van der Waals surface area contributed by atoms with Gasteiger partial charge in [0.2, 0.25) is 0 Å². The number of anilines is 2. The van der Waals surface area contributed by atoms with E-state index in [1.807, 2.05) is 6.92 Å². The van der Waals surface area contributed by atoms with Gasteiger partial charge in [-0.25, -0.2) is 0 Å². The average molecular weight is 286 g/mol. The van der Waals surface area contributed by atoms with Crippen LogP contribution in [0.5, 0.6) is 0 Å². The Hall–Kier alpha value is -0.810. The first-order valence-electron chi connectivity index (χ1n) is 5.36. The van der Waals surface area contributed by atoms with Crippen LogP contribution in [0, 0.1) is 0 Å². The van der Waals surface area contributed by atoms with Crippen molar-refractivity contribution < 1.29 is 5.11 Å². The highest BCUT2D eigenvalue weighted by Crippen LogP contribution is 2.34. The van der Waals surface area contributed by atoms with Crippen molar-refractivity contribution in [2.75, 3.05) is 23.7 Å².